The topological polar surface area (TPSA) is 26.3 Å². The van der Waals surface area contributed by atoms with E-state index in [9.17, 15) is 26.7 Å². The zero-order chi connectivity index (χ0) is 15.3. The summed E-state index contributed by atoms with van der Waals surface area (Å²) >= 11 is 0. The number of hydrogen-bond donors (Lipinski definition) is 0. The molecule has 1 atom stereocenters. The number of carbonyl (C=O) groups is 1. The second kappa shape index (κ2) is 6.86. The Morgan fingerprint density at radius 2 is 1.79 bits per heavy atom. The smallest absolute Gasteiger partial charge is 0.393 e. The van der Waals surface area contributed by atoms with Gasteiger partial charge < -0.3 is 4.74 Å². The minimum Gasteiger partial charge on any atom is -0.393 e. The highest BCUT2D eigenvalue weighted by Crippen LogP contribution is 2.41. The van der Waals surface area contributed by atoms with Crippen LogP contribution in [0.15, 0.2) is 12.2 Å². The largest absolute Gasteiger partial charge is 0.469 e. The van der Waals surface area contributed by atoms with Crippen molar-refractivity contribution in [1.82, 2.24) is 0 Å². The second-order valence-corrected chi connectivity index (χ2v) is 4.27. The molecular formula is C12H17F5O2. The summed E-state index contributed by atoms with van der Waals surface area (Å²) in [7, 11) is 0. The molecule has 0 radical (unpaired) electrons. The Morgan fingerprint density at radius 1 is 1.26 bits per heavy atom. The van der Waals surface area contributed by atoms with Gasteiger partial charge in [0.15, 0.2) is 6.17 Å². The number of alkyl halides is 5. The van der Waals surface area contributed by atoms with E-state index in [0.29, 0.717) is 12.8 Å². The minimum absolute atomic E-state index is 0.0533. The summed E-state index contributed by atoms with van der Waals surface area (Å²) in [6.07, 6.45) is -7.85. The van der Waals surface area contributed by atoms with Crippen LogP contribution < -0.4 is 0 Å². The fourth-order valence-electron chi connectivity index (χ4n) is 1.21. The van der Waals surface area contributed by atoms with Gasteiger partial charge in [-0.2, -0.15) is 17.6 Å². The number of hydrogen-bond acceptors (Lipinski definition) is 2. The predicted molar refractivity (Wildman–Crippen MR) is 59.8 cm³/mol. The Bertz CT molecular complexity index is 328. The first-order valence-electron chi connectivity index (χ1n) is 5.84. The molecule has 112 valence electrons. The van der Waals surface area contributed by atoms with Crippen LogP contribution in [-0.4, -0.2) is 24.2 Å². The molecule has 0 aliphatic heterocycles. The number of carbonyl (C=O) groups excluding carboxylic acids is 1. The van der Waals surface area contributed by atoms with Crippen molar-refractivity contribution in [3.8, 4) is 0 Å². The molecule has 0 heterocycles. The number of ether oxygens (including phenoxy) is 1. The standard InChI is InChI=1S/C12H17F5O2/c1-4-5-6-7-9(13)11(14,15)12(16,17)19-10(18)8(2)3/h9H,2,4-7H2,1,3H3. The van der Waals surface area contributed by atoms with Crippen molar-refractivity contribution >= 4 is 5.97 Å². The van der Waals surface area contributed by atoms with Crippen LogP contribution >= 0.6 is 0 Å². The molecule has 0 aromatic heterocycles. The summed E-state index contributed by atoms with van der Waals surface area (Å²) in [5.41, 5.74) is -0.475. The van der Waals surface area contributed by atoms with E-state index in [1.807, 2.05) is 0 Å². The van der Waals surface area contributed by atoms with Crippen LogP contribution in [0.1, 0.15) is 39.5 Å². The van der Waals surface area contributed by atoms with Crippen molar-refractivity contribution in [2.45, 2.75) is 57.7 Å². The molecule has 0 spiro atoms. The van der Waals surface area contributed by atoms with Crippen molar-refractivity contribution in [3.63, 3.8) is 0 Å². The lowest BCUT2D eigenvalue weighted by Gasteiger charge is -2.28. The summed E-state index contributed by atoms with van der Waals surface area (Å²) in [5, 5.41) is 0. The van der Waals surface area contributed by atoms with Gasteiger partial charge in [-0.1, -0.05) is 32.8 Å². The molecule has 0 aromatic carbocycles. The quantitative estimate of drug-likeness (QED) is 0.289. The van der Waals surface area contributed by atoms with Crippen molar-refractivity contribution in [2.24, 2.45) is 0 Å². The SMILES string of the molecule is C=C(C)C(=O)OC(F)(F)C(F)(F)C(F)CCCCC. The van der Waals surface area contributed by atoms with E-state index >= 15 is 0 Å². The molecule has 0 bridgehead atoms. The molecule has 0 aliphatic rings. The zero-order valence-electron chi connectivity index (χ0n) is 10.8. The molecule has 0 amide bonds. The van der Waals surface area contributed by atoms with Gasteiger partial charge in [0.05, 0.1) is 0 Å². The monoisotopic (exact) mass is 288 g/mol. The summed E-state index contributed by atoms with van der Waals surface area (Å²) in [6, 6.07) is 0. The molecule has 0 aromatic rings. The third-order valence-electron chi connectivity index (χ3n) is 2.41. The van der Waals surface area contributed by atoms with Crippen LogP contribution in [0.25, 0.3) is 0 Å². The highest BCUT2D eigenvalue weighted by Gasteiger charge is 2.65. The van der Waals surface area contributed by atoms with Crippen molar-refractivity contribution in [3.05, 3.63) is 12.2 Å². The maximum atomic E-state index is 13.2. The van der Waals surface area contributed by atoms with Crippen LogP contribution in [0.5, 0.6) is 0 Å². The van der Waals surface area contributed by atoms with Gasteiger partial charge in [-0.25, -0.2) is 9.18 Å². The summed E-state index contributed by atoms with van der Waals surface area (Å²) < 4.78 is 69.2. The Hall–Kier alpha value is -1.14. The normalized spacial score (nSPS) is 14.1. The van der Waals surface area contributed by atoms with Crippen molar-refractivity contribution in [1.29, 1.82) is 0 Å². The molecular weight excluding hydrogens is 271 g/mol. The molecule has 1 unspecified atom stereocenters. The molecule has 0 saturated carbocycles. The van der Waals surface area contributed by atoms with E-state index in [0.717, 1.165) is 6.92 Å². The molecule has 19 heavy (non-hydrogen) atoms. The predicted octanol–water partition coefficient (Wildman–Crippen LogP) is 4.25. The van der Waals surface area contributed by atoms with Gasteiger partial charge in [0.1, 0.15) is 0 Å². The summed E-state index contributed by atoms with van der Waals surface area (Å²) in [4.78, 5) is 10.8. The van der Waals surface area contributed by atoms with Crippen LogP contribution in [0.2, 0.25) is 0 Å². The first kappa shape index (κ1) is 17.9. The maximum absolute atomic E-state index is 13.2. The average molecular weight is 288 g/mol. The first-order chi connectivity index (χ1) is 8.56. The Balaban J connectivity index is 4.74. The highest BCUT2D eigenvalue weighted by molar-refractivity contribution is 5.87. The van der Waals surface area contributed by atoms with Crippen molar-refractivity contribution in [2.75, 3.05) is 0 Å². The van der Waals surface area contributed by atoms with Crippen LogP contribution in [0.4, 0.5) is 22.0 Å². The van der Waals surface area contributed by atoms with Gasteiger partial charge in [-0.15, -0.1) is 0 Å². The lowest BCUT2D eigenvalue weighted by Crippen LogP contribution is -2.50. The van der Waals surface area contributed by atoms with Gasteiger partial charge in [-0.3, -0.25) is 0 Å². The number of esters is 1. The van der Waals surface area contributed by atoms with E-state index in [4.69, 9.17) is 0 Å². The summed E-state index contributed by atoms with van der Waals surface area (Å²) in [6.45, 7) is 5.76. The fourth-order valence-corrected chi connectivity index (χ4v) is 1.21. The molecule has 2 nitrogen and oxygen atoms in total. The van der Waals surface area contributed by atoms with E-state index in [1.165, 1.54) is 0 Å². The number of unbranched alkanes of at least 4 members (excludes halogenated alkanes) is 2. The highest BCUT2D eigenvalue weighted by atomic mass is 19.3. The lowest BCUT2D eigenvalue weighted by atomic mass is 10.1. The van der Waals surface area contributed by atoms with Gasteiger partial charge in [0.25, 0.3) is 0 Å². The second-order valence-electron chi connectivity index (χ2n) is 4.27. The minimum atomic E-state index is -5.20. The van der Waals surface area contributed by atoms with E-state index < -0.39 is 36.2 Å². The van der Waals surface area contributed by atoms with Gasteiger partial charge in [-0.05, 0) is 13.3 Å². The summed E-state index contributed by atoms with van der Waals surface area (Å²) in [5.74, 6) is -6.75. The molecule has 0 N–H and O–H groups in total. The van der Waals surface area contributed by atoms with Crippen LogP contribution in [0.3, 0.4) is 0 Å². The molecule has 0 aliphatic carbocycles. The van der Waals surface area contributed by atoms with Crippen LogP contribution in [-0.2, 0) is 9.53 Å². The van der Waals surface area contributed by atoms with Crippen molar-refractivity contribution < 1.29 is 31.5 Å². The Labute approximate surface area is 108 Å². The maximum Gasteiger partial charge on any atom is 0.469 e. The first-order valence-corrected chi connectivity index (χ1v) is 5.84. The third kappa shape index (κ3) is 4.80. The molecule has 7 heteroatoms. The molecule has 0 saturated heterocycles. The molecule has 0 rings (SSSR count). The van der Waals surface area contributed by atoms with Gasteiger partial charge in [0.2, 0.25) is 0 Å². The van der Waals surface area contributed by atoms with Gasteiger partial charge in [0, 0.05) is 5.57 Å². The van der Waals surface area contributed by atoms with Crippen LogP contribution in [0, 0.1) is 0 Å². The van der Waals surface area contributed by atoms with E-state index in [2.05, 4.69) is 11.3 Å². The third-order valence-corrected chi connectivity index (χ3v) is 2.41. The molecule has 0 fully saturated rings. The zero-order valence-corrected chi connectivity index (χ0v) is 10.8. The average Bonchev–Trinajstić information content (AvgIpc) is 2.28. The fraction of sp³-hybridized carbons (Fsp3) is 0.750. The van der Waals surface area contributed by atoms with E-state index in [-0.39, 0.29) is 6.42 Å². The number of rotatable bonds is 8. The van der Waals surface area contributed by atoms with E-state index in [1.54, 1.807) is 6.92 Å². The van der Waals surface area contributed by atoms with Gasteiger partial charge >= 0.3 is 18.0 Å². The lowest BCUT2D eigenvalue weighted by molar-refractivity contribution is -0.345. The Kier molecular flexibility index (Phi) is 6.45. The number of halogens is 5. The Morgan fingerprint density at radius 3 is 2.21 bits per heavy atom.